The molecular formula is C14H11F4N. The lowest BCUT2D eigenvalue weighted by atomic mass is 9.99. The van der Waals surface area contributed by atoms with Crippen LogP contribution in [0.1, 0.15) is 18.5 Å². The minimum atomic E-state index is -1.62. The number of hydrogen-bond donors (Lipinski definition) is 1. The molecule has 5 heteroatoms. The van der Waals surface area contributed by atoms with E-state index in [1.165, 1.54) is 12.1 Å². The number of benzene rings is 2. The summed E-state index contributed by atoms with van der Waals surface area (Å²) in [5.74, 6) is -5.08. The Morgan fingerprint density at radius 3 is 2.11 bits per heavy atom. The van der Waals surface area contributed by atoms with E-state index in [4.69, 9.17) is 5.73 Å². The second-order valence-corrected chi connectivity index (χ2v) is 4.25. The van der Waals surface area contributed by atoms with Crippen molar-refractivity contribution in [2.45, 2.75) is 13.0 Å². The Balaban J connectivity index is 2.65. The van der Waals surface area contributed by atoms with Crippen LogP contribution in [0.2, 0.25) is 0 Å². The van der Waals surface area contributed by atoms with E-state index < -0.39 is 23.3 Å². The molecule has 0 aliphatic heterocycles. The molecule has 0 heterocycles. The SMILES string of the molecule is CC(N)c1ccc(F)c(-c2ccc(F)c(F)c2F)c1. The molecule has 0 amide bonds. The fourth-order valence-electron chi connectivity index (χ4n) is 1.77. The molecule has 0 aliphatic rings. The Bertz CT molecular complexity index is 623. The summed E-state index contributed by atoms with van der Waals surface area (Å²) in [6.07, 6.45) is 0. The summed E-state index contributed by atoms with van der Waals surface area (Å²) in [7, 11) is 0. The van der Waals surface area contributed by atoms with E-state index in [9.17, 15) is 17.6 Å². The van der Waals surface area contributed by atoms with E-state index in [1.54, 1.807) is 6.92 Å². The molecule has 1 unspecified atom stereocenters. The lowest BCUT2D eigenvalue weighted by Gasteiger charge is -2.11. The number of nitrogens with two attached hydrogens (primary N) is 1. The van der Waals surface area contributed by atoms with Gasteiger partial charge in [0.1, 0.15) is 5.82 Å². The highest BCUT2D eigenvalue weighted by molar-refractivity contribution is 5.66. The summed E-state index contributed by atoms with van der Waals surface area (Å²) in [4.78, 5) is 0. The Morgan fingerprint density at radius 2 is 1.47 bits per heavy atom. The van der Waals surface area contributed by atoms with Crippen LogP contribution < -0.4 is 5.73 Å². The van der Waals surface area contributed by atoms with Gasteiger partial charge in [-0.1, -0.05) is 6.07 Å². The molecule has 2 aromatic carbocycles. The molecule has 100 valence electrons. The van der Waals surface area contributed by atoms with Gasteiger partial charge < -0.3 is 5.73 Å². The minimum absolute atomic E-state index is 0.147. The van der Waals surface area contributed by atoms with Crippen LogP contribution >= 0.6 is 0 Å². The van der Waals surface area contributed by atoms with Crippen LogP contribution in [0.15, 0.2) is 30.3 Å². The van der Waals surface area contributed by atoms with Crippen molar-refractivity contribution in [1.29, 1.82) is 0 Å². The predicted octanol–water partition coefficient (Wildman–Crippen LogP) is 3.93. The molecule has 0 spiro atoms. The first-order chi connectivity index (χ1) is 8.91. The second kappa shape index (κ2) is 5.01. The first-order valence-electron chi connectivity index (χ1n) is 5.60. The van der Waals surface area contributed by atoms with Gasteiger partial charge in [0.2, 0.25) is 0 Å². The van der Waals surface area contributed by atoms with E-state index in [2.05, 4.69) is 0 Å². The van der Waals surface area contributed by atoms with Gasteiger partial charge >= 0.3 is 0 Å². The average Bonchev–Trinajstić information content (AvgIpc) is 2.37. The van der Waals surface area contributed by atoms with Gasteiger partial charge in [0.15, 0.2) is 17.5 Å². The van der Waals surface area contributed by atoms with Crippen molar-refractivity contribution in [3.63, 3.8) is 0 Å². The molecule has 0 aliphatic carbocycles. The van der Waals surface area contributed by atoms with Gasteiger partial charge in [-0.05, 0) is 36.8 Å². The monoisotopic (exact) mass is 269 g/mol. The quantitative estimate of drug-likeness (QED) is 0.648. The minimum Gasteiger partial charge on any atom is -0.324 e. The van der Waals surface area contributed by atoms with Gasteiger partial charge in [-0.15, -0.1) is 0 Å². The van der Waals surface area contributed by atoms with Crippen molar-refractivity contribution in [3.05, 3.63) is 59.2 Å². The zero-order valence-corrected chi connectivity index (χ0v) is 10.1. The highest BCUT2D eigenvalue weighted by atomic mass is 19.2. The third kappa shape index (κ3) is 2.46. The first kappa shape index (κ1) is 13.5. The van der Waals surface area contributed by atoms with Crippen LogP contribution in [0.5, 0.6) is 0 Å². The van der Waals surface area contributed by atoms with Crippen molar-refractivity contribution in [2.75, 3.05) is 0 Å². The normalized spacial score (nSPS) is 12.5. The van der Waals surface area contributed by atoms with Crippen LogP contribution in [-0.2, 0) is 0 Å². The fourth-order valence-corrected chi connectivity index (χ4v) is 1.77. The second-order valence-electron chi connectivity index (χ2n) is 4.25. The van der Waals surface area contributed by atoms with Crippen LogP contribution in [0, 0.1) is 23.3 Å². The summed E-state index contributed by atoms with van der Waals surface area (Å²) in [5.41, 5.74) is 5.74. The maximum absolute atomic E-state index is 13.7. The standard InChI is InChI=1S/C14H11F4N/c1-7(19)8-2-4-11(15)10(6-8)9-3-5-12(16)14(18)13(9)17/h2-7H,19H2,1H3. The molecule has 0 aromatic heterocycles. The number of halogens is 4. The van der Waals surface area contributed by atoms with Gasteiger partial charge in [-0.3, -0.25) is 0 Å². The molecule has 19 heavy (non-hydrogen) atoms. The molecular weight excluding hydrogens is 258 g/mol. The van der Waals surface area contributed by atoms with Crippen LogP contribution in [-0.4, -0.2) is 0 Å². The van der Waals surface area contributed by atoms with Gasteiger partial charge in [0.05, 0.1) is 0 Å². The summed E-state index contributed by atoms with van der Waals surface area (Å²) in [6.45, 7) is 1.68. The zero-order chi connectivity index (χ0) is 14.2. The first-order valence-corrected chi connectivity index (χ1v) is 5.60. The molecule has 2 aromatic rings. The van der Waals surface area contributed by atoms with Gasteiger partial charge in [0, 0.05) is 17.2 Å². The topological polar surface area (TPSA) is 26.0 Å². The van der Waals surface area contributed by atoms with Crippen LogP contribution in [0.25, 0.3) is 11.1 Å². The summed E-state index contributed by atoms with van der Waals surface area (Å²) in [6, 6.07) is 5.28. The van der Waals surface area contributed by atoms with Crippen molar-refractivity contribution in [2.24, 2.45) is 5.73 Å². The Kier molecular flexibility index (Phi) is 3.57. The van der Waals surface area contributed by atoms with Crippen LogP contribution in [0.3, 0.4) is 0 Å². The van der Waals surface area contributed by atoms with Crippen molar-refractivity contribution >= 4 is 0 Å². The Morgan fingerprint density at radius 1 is 0.842 bits per heavy atom. The smallest absolute Gasteiger partial charge is 0.195 e. The lowest BCUT2D eigenvalue weighted by molar-refractivity contribution is 0.448. The maximum Gasteiger partial charge on any atom is 0.195 e. The molecule has 2 rings (SSSR count). The molecule has 0 saturated carbocycles. The van der Waals surface area contributed by atoms with E-state index in [0.717, 1.165) is 18.2 Å². The Labute approximate surface area is 107 Å². The van der Waals surface area contributed by atoms with E-state index in [1.807, 2.05) is 0 Å². The summed E-state index contributed by atoms with van der Waals surface area (Å²) < 4.78 is 53.4. The molecule has 0 fully saturated rings. The highest BCUT2D eigenvalue weighted by Crippen LogP contribution is 2.29. The summed E-state index contributed by atoms with van der Waals surface area (Å²) >= 11 is 0. The third-order valence-electron chi connectivity index (χ3n) is 2.84. The van der Waals surface area contributed by atoms with Crippen molar-refractivity contribution in [1.82, 2.24) is 0 Å². The number of hydrogen-bond acceptors (Lipinski definition) is 1. The zero-order valence-electron chi connectivity index (χ0n) is 10.1. The molecule has 0 saturated heterocycles. The molecule has 0 bridgehead atoms. The lowest BCUT2D eigenvalue weighted by Crippen LogP contribution is -2.05. The Hall–Kier alpha value is -1.88. The van der Waals surface area contributed by atoms with E-state index in [0.29, 0.717) is 5.56 Å². The molecule has 1 nitrogen and oxygen atoms in total. The molecule has 1 atom stereocenters. The number of rotatable bonds is 2. The predicted molar refractivity (Wildman–Crippen MR) is 64.3 cm³/mol. The molecule has 2 N–H and O–H groups in total. The summed E-state index contributed by atoms with van der Waals surface area (Å²) in [5, 5.41) is 0. The van der Waals surface area contributed by atoms with Gasteiger partial charge in [-0.25, -0.2) is 17.6 Å². The maximum atomic E-state index is 13.7. The fraction of sp³-hybridized carbons (Fsp3) is 0.143. The largest absolute Gasteiger partial charge is 0.324 e. The highest BCUT2D eigenvalue weighted by Gasteiger charge is 2.18. The van der Waals surface area contributed by atoms with Gasteiger partial charge in [0.25, 0.3) is 0 Å². The molecule has 0 radical (unpaired) electrons. The third-order valence-corrected chi connectivity index (χ3v) is 2.84. The average molecular weight is 269 g/mol. The van der Waals surface area contributed by atoms with Crippen molar-refractivity contribution in [3.8, 4) is 11.1 Å². The van der Waals surface area contributed by atoms with E-state index in [-0.39, 0.29) is 17.2 Å². The van der Waals surface area contributed by atoms with Crippen molar-refractivity contribution < 1.29 is 17.6 Å². The van der Waals surface area contributed by atoms with Gasteiger partial charge in [-0.2, -0.15) is 0 Å². The van der Waals surface area contributed by atoms with Crippen LogP contribution in [0.4, 0.5) is 17.6 Å². The van der Waals surface area contributed by atoms with E-state index >= 15 is 0 Å².